The fourth-order valence-corrected chi connectivity index (χ4v) is 7.79. The van der Waals surface area contributed by atoms with Gasteiger partial charge in [-0.3, -0.25) is 0 Å². The van der Waals surface area contributed by atoms with Gasteiger partial charge in [0.25, 0.3) is 0 Å². The number of hydrogen-bond acceptors (Lipinski definition) is 3. The Morgan fingerprint density at radius 3 is 2.42 bits per heavy atom. The molecule has 3 nitrogen and oxygen atoms in total. The maximum absolute atomic E-state index is 6.88. The molecule has 6 atom stereocenters. The van der Waals surface area contributed by atoms with Gasteiger partial charge in [0.2, 0.25) is 0 Å². The molecule has 31 heavy (non-hydrogen) atoms. The number of hydrogen-bond donors (Lipinski definition) is 0. The van der Waals surface area contributed by atoms with Gasteiger partial charge in [0.05, 0.1) is 0 Å². The predicted octanol–water partition coefficient (Wildman–Crippen LogP) is 4.82. The molecular formula is C27H35NO2Se. The number of ether oxygens (including phenoxy) is 2. The second-order valence-electron chi connectivity index (χ2n) is 10.1. The topological polar surface area (TPSA) is 21.7 Å². The van der Waals surface area contributed by atoms with E-state index in [1.54, 1.807) is 0 Å². The zero-order chi connectivity index (χ0) is 21.4. The van der Waals surface area contributed by atoms with Gasteiger partial charge in [-0.05, 0) is 0 Å². The zero-order valence-electron chi connectivity index (χ0n) is 18.9. The molecule has 0 unspecified atom stereocenters. The van der Waals surface area contributed by atoms with E-state index in [1.807, 2.05) is 0 Å². The van der Waals surface area contributed by atoms with Crippen LogP contribution >= 0.6 is 0 Å². The van der Waals surface area contributed by atoms with Crippen LogP contribution in [0.3, 0.4) is 0 Å². The zero-order valence-corrected chi connectivity index (χ0v) is 20.7. The first kappa shape index (κ1) is 21.7. The summed E-state index contributed by atoms with van der Waals surface area (Å²) in [6.07, 6.45) is 4.35. The first-order valence-electron chi connectivity index (χ1n) is 11.8. The van der Waals surface area contributed by atoms with E-state index in [4.69, 9.17) is 9.47 Å². The van der Waals surface area contributed by atoms with Crippen molar-refractivity contribution in [2.75, 3.05) is 6.54 Å². The Kier molecular flexibility index (Phi) is 6.29. The number of rotatable bonds is 4. The van der Waals surface area contributed by atoms with Crippen LogP contribution in [0.1, 0.15) is 51.7 Å². The molecule has 0 N–H and O–H groups in total. The second-order valence-corrected chi connectivity index (χ2v) is 12.4. The van der Waals surface area contributed by atoms with Crippen molar-refractivity contribution in [3.63, 3.8) is 0 Å². The van der Waals surface area contributed by atoms with E-state index in [9.17, 15) is 0 Å². The summed E-state index contributed by atoms with van der Waals surface area (Å²) in [6.45, 7) is 8.27. The average Bonchev–Trinajstić information content (AvgIpc) is 2.79. The van der Waals surface area contributed by atoms with Crippen LogP contribution in [0.4, 0.5) is 0 Å². The van der Waals surface area contributed by atoms with E-state index in [0.29, 0.717) is 27.0 Å². The molecule has 166 valence electrons. The van der Waals surface area contributed by atoms with Crippen molar-refractivity contribution in [1.82, 2.24) is 4.90 Å². The third-order valence-electron chi connectivity index (χ3n) is 7.63. The van der Waals surface area contributed by atoms with Crippen molar-refractivity contribution in [3.05, 3.63) is 66.2 Å². The van der Waals surface area contributed by atoms with Crippen LogP contribution in [-0.4, -0.2) is 50.4 Å². The molecular weight excluding hydrogens is 449 g/mol. The molecule has 0 spiro atoms. The molecule has 2 aromatic carbocycles. The molecule has 1 saturated carbocycles. The summed E-state index contributed by atoms with van der Waals surface area (Å²) in [5.41, 5.74) is 1.37. The number of nitrogens with zero attached hydrogens (tertiary/aromatic N) is 1. The Morgan fingerprint density at radius 1 is 0.968 bits per heavy atom. The molecule has 2 aliphatic heterocycles. The molecule has 3 aliphatic rings. The van der Waals surface area contributed by atoms with E-state index in [-0.39, 0.29) is 24.0 Å². The summed E-state index contributed by atoms with van der Waals surface area (Å²) in [4.78, 5) is 2.66. The van der Waals surface area contributed by atoms with Crippen molar-refractivity contribution in [2.24, 2.45) is 11.8 Å². The van der Waals surface area contributed by atoms with Crippen molar-refractivity contribution in [1.29, 1.82) is 0 Å². The predicted molar refractivity (Wildman–Crippen MR) is 127 cm³/mol. The molecule has 3 fully saturated rings. The Hall–Kier alpha value is -1.16. The van der Waals surface area contributed by atoms with Crippen LogP contribution in [0.25, 0.3) is 0 Å². The quantitative estimate of drug-likeness (QED) is 0.581. The average molecular weight is 485 g/mol. The van der Waals surface area contributed by atoms with Crippen LogP contribution in [0.15, 0.2) is 60.7 Å². The standard InChI is InChI=1S/C27H35NO2Se/c1-19-14-15-23-24(16-19)30-26-25(20-10-6-4-7-11-20)29-21(17-28(26)27(23,2)3)18-31-22-12-8-5-9-13-22/h4-13,19,21,23-26H,14-18H2,1-3H3/t19-,21+,23-,24-,25+,26+/m1/s1. The molecule has 5 rings (SSSR count). The molecule has 4 heteroatoms. The van der Waals surface area contributed by atoms with Gasteiger partial charge in [0.1, 0.15) is 0 Å². The minimum absolute atomic E-state index is 0.00410. The summed E-state index contributed by atoms with van der Waals surface area (Å²) in [5.74, 6) is 1.36. The molecule has 2 saturated heterocycles. The Balaban J connectivity index is 1.42. The van der Waals surface area contributed by atoms with Gasteiger partial charge in [0, 0.05) is 0 Å². The molecule has 1 aliphatic carbocycles. The van der Waals surface area contributed by atoms with Gasteiger partial charge in [-0.2, -0.15) is 0 Å². The Bertz CT molecular complexity index is 858. The molecule has 0 aromatic heterocycles. The summed E-state index contributed by atoms with van der Waals surface area (Å²) in [5, 5.41) is 1.10. The van der Waals surface area contributed by atoms with Crippen LogP contribution < -0.4 is 4.46 Å². The summed E-state index contributed by atoms with van der Waals surface area (Å²) >= 11 is 0.420. The molecule has 2 heterocycles. The molecule has 2 aromatic rings. The molecule has 0 radical (unpaired) electrons. The van der Waals surface area contributed by atoms with E-state index in [1.165, 1.54) is 29.3 Å². The first-order valence-corrected chi connectivity index (χ1v) is 13.9. The Labute approximate surface area is 193 Å². The maximum atomic E-state index is 6.88. The Morgan fingerprint density at radius 2 is 1.68 bits per heavy atom. The monoisotopic (exact) mass is 485 g/mol. The van der Waals surface area contributed by atoms with Crippen molar-refractivity contribution in [3.8, 4) is 0 Å². The second kappa shape index (κ2) is 9.00. The van der Waals surface area contributed by atoms with Gasteiger partial charge in [-0.15, -0.1) is 0 Å². The van der Waals surface area contributed by atoms with Gasteiger partial charge in [-0.25, -0.2) is 0 Å². The van der Waals surface area contributed by atoms with E-state index in [2.05, 4.69) is 86.3 Å². The fraction of sp³-hybridized carbons (Fsp3) is 0.556. The van der Waals surface area contributed by atoms with Crippen LogP contribution in [0.2, 0.25) is 5.32 Å². The van der Waals surface area contributed by atoms with Gasteiger partial charge in [0.15, 0.2) is 0 Å². The third kappa shape index (κ3) is 4.38. The molecule has 0 bridgehead atoms. The number of benzene rings is 2. The van der Waals surface area contributed by atoms with Crippen molar-refractivity contribution < 1.29 is 9.47 Å². The number of fused-ring (bicyclic) bond motifs is 2. The van der Waals surface area contributed by atoms with Crippen LogP contribution in [0.5, 0.6) is 0 Å². The summed E-state index contributed by atoms with van der Waals surface area (Å²) < 4.78 is 15.1. The third-order valence-corrected chi connectivity index (χ3v) is 10.0. The van der Waals surface area contributed by atoms with E-state index < -0.39 is 0 Å². The van der Waals surface area contributed by atoms with Crippen LogP contribution in [-0.2, 0) is 9.47 Å². The van der Waals surface area contributed by atoms with Crippen LogP contribution in [0, 0.1) is 11.8 Å². The normalized spacial score (nSPS) is 35.2. The van der Waals surface area contributed by atoms with Crippen molar-refractivity contribution in [2.45, 2.75) is 75.4 Å². The minimum atomic E-state index is -0.0241. The summed E-state index contributed by atoms with van der Waals surface area (Å²) in [7, 11) is 0. The van der Waals surface area contributed by atoms with Gasteiger partial charge < -0.3 is 0 Å². The van der Waals surface area contributed by atoms with Crippen molar-refractivity contribution >= 4 is 19.4 Å². The van der Waals surface area contributed by atoms with E-state index in [0.717, 1.165) is 17.8 Å². The number of morpholine rings is 1. The molecule has 0 amide bonds. The van der Waals surface area contributed by atoms with Gasteiger partial charge >= 0.3 is 194 Å². The first-order chi connectivity index (χ1) is 15.0. The van der Waals surface area contributed by atoms with Gasteiger partial charge in [-0.1, -0.05) is 0 Å². The summed E-state index contributed by atoms with van der Waals surface area (Å²) in [6, 6.07) is 21.6. The SMILES string of the molecule is C[C@@H]1CC[C@@H]2[C@@H](C1)O[C@H]1[C@H](c3ccccc3)O[C@H](C[Se]c3ccccc3)CN1C2(C)C. The van der Waals surface area contributed by atoms with E-state index >= 15 is 0 Å². The fourth-order valence-electron chi connectivity index (χ4n) is 5.88.